The number of rotatable bonds is 4. The molecule has 3 aromatic rings. The second kappa shape index (κ2) is 7.44. The molecule has 0 N–H and O–H groups in total. The van der Waals surface area contributed by atoms with Crippen LogP contribution in [-0.4, -0.2) is 50.8 Å². The van der Waals surface area contributed by atoms with Crippen LogP contribution in [0.15, 0.2) is 47.7 Å². The minimum absolute atomic E-state index is 0.0235. The number of nitrogens with zero attached hydrogens (tertiary/aromatic N) is 6. The molecule has 1 aliphatic heterocycles. The van der Waals surface area contributed by atoms with Crippen LogP contribution in [0.1, 0.15) is 25.6 Å². The van der Waals surface area contributed by atoms with E-state index in [0.29, 0.717) is 5.39 Å². The van der Waals surface area contributed by atoms with Crippen LogP contribution < -0.4 is 10.5 Å². The number of hydrogen-bond acceptors (Lipinski definition) is 6. The first-order chi connectivity index (χ1) is 13.1. The number of hydrogen-bond donors (Lipinski definition) is 0. The lowest BCUT2D eigenvalue weighted by Crippen LogP contribution is -2.46. The molecule has 0 bridgehead atoms. The second-order valence-electron chi connectivity index (χ2n) is 7.23. The van der Waals surface area contributed by atoms with Gasteiger partial charge in [0.05, 0.1) is 22.9 Å². The highest BCUT2D eigenvalue weighted by Crippen LogP contribution is 2.21. The van der Waals surface area contributed by atoms with Gasteiger partial charge in [-0.15, -0.1) is 0 Å². The average Bonchev–Trinajstić information content (AvgIpc) is 2.69. The van der Waals surface area contributed by atoms with E-state index in [0.717, 1.165) is 49.6 Å². The maximum atomic E-state index is 12.6. The van der Waals surface area contributed by atoms with Gasteiger partial charge >= 0.3 is 0 Å². The number of anilines is 1. The van der Waals surface area contributed by atoms with Gasteiger partial charge in [-0.3, -0.25) is 14.3 Å². The molecule has 1 aromatic carbocycles. The van der Waals surface area contributed by atoms with Crippen molar-refractivity contribution < 1.29 is 0 Å². The zero-order valence-corrected chi connectivity index (χ0v) is 15.7. The van der Waals surface area contributed by atoms with Gasteiger partial charge in [0.1, 0.15) is 0 Å². The van der Waals surface area contributed by atoms with Crippen LogP contribution in [-0.2, 0) is 6.54 Å². The number of aromatic nitrogens is 4. The minimum Gasteiger partial charge on any atom is -0.369 e. The van der Waals surface area contributed by atoms with E-state index in [1.54, 1.807) is 17.1 Å². The molecule has 140 valence electrons. The van der Waals surface area contributed by atoms with E-state index < -0.39 is 0 Å². The minimum atomic E-state index is 0.0235. The number of benzene rings is 1. The van der Waals surface area contributed by atoms with Crippen molar-refractivity contribution >= 4 is 16.6 Å². The monoisotopic (exact) mass is 364 g/mol. The fourth-order valence-electron chi connectivity index (χ4n) is 3.50. The standard InChI is InChI=1S/C20H24N6O/c1-15(2)26-14-21-19-12-17(5-6-18(19)20(26)27)25-10-8-24(9-11-25)13-16-4-3-7-22-23-16/h3-7,12,14-15H,8-11,13H2,1-2H3. The molecule has 7 nitrogen and oxygen atoms in total. The topological polar surface area (TPSA) is 67.2 Å². The summed E-state index contributed by atoms with van der Waals surface area (Å²) in [5, 5.41) is 8.79. The highest BCUT2D eigenvalue weighted by Gasteiger charge is 2.18. The Labute approximate surface area is 158 Å². The maximum absolute atomic E-state index is 12.6. The van der Waals surface area contributed by atoms with E-state index in [-0.39, 0.29) is 11.6 Å². The summed E-state index contributed by atoms with van der Waals surface area (Å²) in [6, 6.07) is 10.0. The predicted molar refractivity (Wildman–Crippen MR) is 106 cm³/mol. The Bertz CT molecular complexity index is 977. The molecule has 0 saturated carbocycles. The zero-order chi connectivity index (χ0) is 18.8. The molecule has 7 heteroatoms. The first kappa shape index (κ1) is 17.6. The molecule has 1 aliphatic rings. The van der Waals surface area contributed by atoms with E-state index >= 15 is 0 Å². The Hall–Kier alpha value is -2.80. The third kappa shape index (κ3) is 3.68. The largest absolute Gasteiger partial charge is 0.369 e. The molecule has 0 atom stereocenters. The van der Waals surface area contributed by atoms with Crippen molar-refractivity contribution in [1.82, 2.24) is 24.6 Å². The van der Waals surface area contributed by atoms with Crippen molar-refractivity contribution in [1.29, 1.82) is 0 Å². The molecule has 0 spiro atoms. The lowest BCUT2D eigenvalue weighted by Gasteiger charge is -2.35. The van der Waals surface area contributed by atoms with Crippen molar-refractivity contribution in [2.45, 2.75) is 26.4 Å². The van der Waals surface area contributed by atoms with Gasteiger partial charge in [0.15, 0.2) is 0 Å². The van der Waals surface area contributed by atoms with Crippen LogP contribution in [0.2, 0.25) is 0 Å². The lowest BCUT2D eigenvalue weighted by atomic mass is 10.2. The molecular formula is C20H24N6O. The fraction of sp³-hybridized carbons (Fsp3) is 0.400. The lowest BCUT2D eigenvalue weighted by molar-refractivity contribution is 0.246. The number of fused-ring (bicyclic) bond motifs is 1. The van der Waals surface area contributed by atoms with Crippen LogP contribution in [0, 0.1) is 0 Å². The van der Waals surface area contributed by atoms with Gasteiger partial charge in [0, 0.05) is 50.6 Å². The predicted octanol–water partition coefficient (Wildman–Crippen LogP) is 2.09. The van der Waals surface area contributed by atoms with E-state index in [9.17, 15) is 4.79 Å². The molecule has 4 rings (SSSR count). The van der Waals surface area contributed by atoms with Gasteiger partial charge in [-0.2, -0.15) is 10.2 Å². The van der Waals surface area contributed by atoms with Crippen molar-refractivity contribution in [2.24, 2.45) is 0 Å². The van der Waals surface area contributed by atoms with Crippen LogP contribution in [0.25, 0.3) is 10.9 Å². The third-order valence-corrected chi connectivity index (χ3v) is 5.07. The highest BCUT2D eigenvalue weighted by molar-refractivity contribution is 5.81. The van der Waals surface area contributed by atoms with Crippen molar-refractivity contribution in [3.05, 3.63) is 58.9 Å². The first-order valence-corrected chi connectivity index (χ1v) is 9.36. The van der Waals surface area contributed by atoms with E-state index in [1.807, 2.05) is 44.2 Å². The third-order valence-electron chi connectivity index (χ3n) is 5.07. The quantitative estimate of drug-likeness (QED) is 0.706. The Morgan fingerprint density at radius 1 is 1.11 bits per heavy atom. The maximum Gasteiger partial charge on any atom is 0.261 e. The van der Waals surface area contributed by atoms with Crippen molar-refractivity contribution in [2.75, 3.05) is 31.1 Å². The Morgan fingerprint density at radius 2 is 1.93 bits per heavy atom. The van der Waals surface area contributed by atoms with Crippen LogP contribution in [0.3, 0.4) is 0 Å². The summed E-state index contributed by atoms with van der Waals surface area (Å²) in [5.41, 5.74) is 2.91. The van der Waals surface area contributed by atoms with E-state index in [2.05, 4.69) is 25.0 Å². The smallest absolute Gasteiger partial charge is 0.261 e. The summed E-state index contributed by atoms with van der Waals surface area (Å²) in [6.45, 7) is 8.63. The van der Waals surface area contributed by atoms with E-state index in [4.69, 9.17) is 0 Å². The van der Waals surface area contributed by atoms with Crippen molar-refractivity contribution in [3.63, 3.8) is 0 Å². The summed E-state index contributed by atoms with van der Waals surface area (Å²) >= 11 is 0. The summed E-state index contributed by atoms with van der Waals surface area (Å²) in [7, 11) is 0. The number of piperazine rings is 1. The molecular weight excluding hydrogens is 340 g/mol. The molecule has 27 heavy (non-hydrogen) atoms. The molecule has 2 aromatic heterocycles. The Balaban J connectivity index is 1.47. The fourth-order valence-corrected chi connectivity index (χ4v) is 3.50. The normalized spacial score (nSPS) is 15.6. The van der Waals surface area contributed by atoms with Crippen LogP contribution >= 0.6 is 0 Å². The van der Waals surface area contributed by atoms with Gasteiger partial charge in [0.2, 0.25) is 0 Å². The second-order valence-corrected chi connectivity index (χ2v) is 7.23. The SMILES string of the molecule is CC(C)n1cnc2cc(N3CCN(Cc4cccnn4)CC3)ccc2c1=O. The van der Waals surface area contributed by atoms with Gasteiger partial charge in [-0.25, -0.2) is 4.98 Å². The Kier molecular flexibility index (Phi) is 4.85. The van der Waals surface area contributed by atoms with Gasteiger partial charge in [-0.1, -0.05) is 0 Å². The molecule has 3 heterocycles. The van der Waals surface area contributed by atoms with Crippen molar-refractivity contribution in [3.8, 4) is 0 Å². The van der Waals surface area contributed by atoms with Crippen LogP contribution in [0.5, 0.6) is 0 Å². The molecule has 0 aliphatic carbocycles. The Morgan fingerprint density at radius 3 is 2.63 bits per heavy atom. The summed E-state index contributed by atoms with van der Waals surface area (Å²) in [4.78, 5) is 21.8. The first-order valence-electron chi connectivity index (χ1n) is 9.36. The molecule has 0 radical (unpaired) electrons. The summed E-state index contributed by atoms with van der Waals surface area (Å²) in [5.74, 6) is 0. The highest BCUT2D eigenvalue weighted by atomic mass is 16.1. The molecule has 0 unspecified atom stereocenters. The summed E-state index contributed by atoms with van der Waals surface area (Å²) < 4.78 is 1.67. The molecule has 1 saturated heterocycles. The zero-order valence-electron chi connectivity index (χ0n) is 15.7. The van der Waals surface area contributed by atoms with Crippen LogP contribution in [0.4, 0.5) is 5.69 Å². The van der Waals surface area contributed by atoms with Gasteiger partial charge in [-0.05, 0) is 44.2 Å². The average molecular weight is 364 g/mol. The summed E-state index contributed by atoms with van der Waals surface area (Å²) in [6.07, 6.45) is 3.35. The van der Waals surface area contributed by atoms with Gasteiger partial charge in [0.25, 0.3) is 5.56 Å². The van der Waals surface area contributed by atoms with Gasteiger partial charge < -0.3 is 4.90 Å². The van der Waals surface area contributed by atoms with E-state index in [1.165, 1.54) is 0 Å². The molecule has 0 amide bonds. The molecule has 1 fully saturated rings.